The van der Waals surface area contributed by atoms with Crippen molar-refractivity contribution < 1.29 is 14.4 Å². The maximum Gasteiger partial charge on any atom is 0.227 e. The van der Waals surface area contributed by atoms with E-state index in [1.54, 1.807) is 19.0 Å². The fraction of sp³-hybridized carbons (Fsp3) is 0.423. The van der Waals surface area contributed by atoms with Gasteiger partial charge in [0.1, 0.15) is 0 Å². The van der Waals surface area contributed by atoms with E-state index in [9.17, 15) is 14.4 Å². The van der Waals surface area contributed by atoms with Gasteiger partial charge in [-0.1, -0.05) is 42.5 Å². The van der Waals surface area contributed by atoms with Crippen molar-refractivity contribution in [1.82, 2.24) is 15.1 Å². The fourth-order valence-corrected chi connectivity index (χ4v) is 4.24. The number of hydrogen-bond donors (Lipinski definition) is 1. The molecule has 1 N–H and O–H groups in total. The molecular weight excluding hydrogens is 402 g/mol. The Balaban J connectivity index is 1.77. The van der Waals surface area contributed by atoms with E-state index in [-0.39, 0.29) is 29.6 Å². The lowest BCUT2D eigenvalue weighted by molar-refractivity contribution is -0.133. The topological polar surface area (TPSA) is 69.7 Å². The molecule has 2 aromatic carbocycles. The molecule has 1 heterocycles. The molecule has 0 bridgehead atoms. The quantitative estimate of drug-likeness (QED) is 0.759. The van der Waals surface area contributed by atoms with Crippen molar-refractivity contribution in [2.75, 3.05) is 27.2 Å². The van der Waals surface area contributed by atoms with Crippen LogP contribution in [0.3, 0.4) is 0 Å². The lowest BCUT2D eigenvalue weighted by atomic mass is 9.87. The van der Waals surface area contributed by atoms with Crippen molar-refractivity contribution >= 4 is 17.7 Å². The first-order valence-electron chi connectivity index (χ1n) is 11.0. The van der Waals surface area contributed by atoms with Crippen molar-refractivity contribution in [3.63, 3.8) is 0 Å². The minimum absolute atomic E-state index is 0.0406. The second-order valence-electron chi connectivity index (χ2n) is 8.99. The molecule has 0 spiro atoms. The SMILES string of the molecule is CC(=O)NCc1ccc([C@H]2CN(C(=O)Cc3ccc(C)c(C)c3)C[C@@H]2C(=O)N(C)C)cc1. The van der Waals surface area contributed by atoms with Crippen LogP contribution in [0.4, 0.5) is 0 Å². The van der Waals surface area contributed by atoms with E-state index in [1.807, 2.05) is 41.3 Å². The summed E-state index contributed by atoms with van der Waals surface area (Å²) in [5.74, 6) is -0.300. The molecule has 1 saturated heterocycles. The van der Waals surface area contributed by atoms with E-state index >= 15 is 0 Å². The Bertz CT molecular complexity index is 998. The van der Waals surface area contributed by atoms with Gasteiger partial charge in [-0.15, -0.1) is 0 Å². The van der Waals surface area contributed by atoms with Gasteiger partial charge in [0.2, 0.25) is 17.7 Å². The van der Waals surface area contributed by atoms with E-state index in [4.69, 9.17) is 0 Å². The van der Waals surface area contributed by atoms with Crippen LogP contribution >= 0.6 is 0 Å². The lowest BCUT2D eigenvalue weighted by Crippen LogP contribution is -2.35. The summed E-state index contributed by atoms with van der Waals surface area (Å²) in [6, 6.07) is 14.1. The maximum atomic E-state index is 13.1. The highest BCUT2D eigenvalue weighted by molar-refractivity contribution is 5.84. The molecule has 6 heteroatoms. The van der Waals surface area contributed by atoms with Gasteiger partial charge in [-0.25, -0.2) is 0 Å². The van der Waals surface area contributed by atoms with Gasteiger partial charge in [0.25, 0.3) is 0 Å². The van der Waals surface area contributed by atoms with E-state index in [0.29, 0.717) is 26.1 Å². The molecule has 0 aliphatic carbocycles. The predicted octanol–water partition coefficient (Wildman–Crippen LogP) is 2.81. The van der Waals surface area contributed by atoms with Crippen LogP contribution in [0.15, 0.2) is 42.5 Å². The molecule has 6 nitrogen and oxygen atoms in total. The number of carbonyl (C=O) groups excluding carboxylic acids is 3. The average Bonchev–Trinajstić information content (AvgIpc) is 3.20. The van der Waals surface area contributed by atoms with Crippen LogP contribution in [-0.2, 0) is 27.3 Å². The number of nitrogens with zero attached hydrogens (tertiary/aromatic N) is 2. The van der Waals surface area contributed by atoms with Crippen molar-refractivity contribution in [3.05, 3.63) is 70.3 Å². The number of aryl methyl sites for hydroxylation is 2. The molecule has 1 aliphatic heterocycles. The van der Waals surface area contributed by atoms with Crippen LogP contribution in [0.25, 0.3) is 0 Å². The maximum absolute atomic E-state index is 13.1. The molecule has 32 heavy (non-hydrogen) atoms. The normalized spacial score (nSPS) is 17.8. The van der Waals surface area contributed by atoms with Crippen LogP contribution in [0.1, 0.15) is 40.7 Å². The molecule has 3 amide bonds. The highest BCUT2D eigenvalue weighted by Crippen LogP contribution is 2.34. The predicted molar refractivity (Wildman–Crippen MR) is 125 cm³/mol. The smallest absolute Gasteiger partial charge is 0.227 e. The summed E-state index contributed by atoms with van der Waals surface area (Å²) in [5, 5.41) is 2.79. The van der Waals surface area contributed by atoms with Crippen LogP contribution in [-0.4, -0.2) is 54.7 Å². The van der Waals surface area contributed by atoms with E-state index in [1.165, 1.54) is 18.1 Å². The van der Waals surface area contributed by atoms with Gasteiger partial charge in [0, 0.05) is 46.6 Å². The molecule has 170 valence electrons. The third-order valence-electron chi connectivity index (χ3n) is 6.31. The van der Waals surface area contributed by atoms with Gasteiger partial charge < -0.3 is 15.1 Å². The van der Waals surface area contributed by atoms with E-state index in [0.717, 1.165) is 16.7 Å². The van der Waals surface area contributed by atoms with Crippen LogP contribution < -0.4 is 5.32 Å². The number of hydrogen-bond acceptors (Lipinski definition) is 3. The van der Waals surface area contributed by atoms with Crippen LogP contribution in [0, 0.1) is 19.8 Å². The Morgan fingerprint density at radius 1 is 0.969 bits per heavy atom. The van der Waals surface area contributed by atoms with E-state index in [2.05, 4.69) is 25.2 Å². The van der Waals surface area contributed by atoms with Crippen LogP contribution in [0.5, 0.6) is 0 Å². The summed E-state index contributed by atoms with van der Waals surface area (Å²) in [6.45, 7) is 7.04. The van der Waals surface area contributed by atoms with Gasteiger partial charge in [-0.2, -0.15) is 0 Å². The molecule has 2 atom stereocenters. The number of amides is 3. The Morgan fingerprint density at radius 2 is 1.62 bits per heavy atom. The minimum atomic E-state index is -0.269. The molecule has 1 aliphatic rings. The summed E-state index contributed by atoms with van der Waals surface area (Å²) in [5.41, 5.74) is 5.42. The zero-order valence-electron chi connectivity index (χ0n) is 19.6. The molecular formula is C26H33N3O3. The first-order valence-corrected chi connectivity index (χ1v) is 11.0. The average molecular weight is 436 g/mol. The minimum Gasteiger partial charge on any atom is -0.352 e. The van der Waals surface area contributed by atoms with Gasteiger partial charge >= 0.3 is 0 Å². The molecule has 2 aromatic rings. The molecule has 1 fully saturated rings. The molecule has 0 unspecified atom stereocenters. The summed E-state index contributed by atoms with van der Waals surface area (Å²) in [4.78, 5) is 40.6. The zero-order chi connectivity index (χ0) is 23.4. The largest absolute Gasteiger partial charge is 0.352 e. The van der Waals surface area contributed by atoms with Crippen molar-refractivity contribution in [3.8, 4) is 0 Å². The van der Waals surface area contributed by atoms with Gasteiger partial charge in [0.05, 0.1) is 12.3 Å². The Labute approximate surface area is 190 Å². The summed E-state index contributed by atoms with van der Waals surface area (Å²) in [6.07, 6.45) is 0.340. The summed E-state index contributed by atoms with van der Waals surface area (Å²) >= 11 is 0. The highest BCUT2D eigenvalue weighted by atomic mass is 16.2. The van der Waals surface area contributed by atoms with E-state index < -0.39 is 0 Å². The first-order chi connectivity index (χ1) is 15.2. The fourth-order valence-electron chi connectivity index (χ4n) is 4.24. The van der Waals surface area contributed by atoms with Gasteiger partial charge in [-0.3, -0.25) is 14.4 Å². The summed E-state index contributed by atoms with van der Waals surface area (Å²) < 4.78 is 0. The Kier molecular flexibility index (Phi) is 7.33. The molecule has 0 saturated carbocycles. The second kappa shape index (κ2) is 9.98. The second-order valence-corrected chi connectivity index (χ2v) is 8.99. The number of carbonyl (C=O) groups is 3. The molecule has 0 aromatic heterocycles. The number of rotatable bonds is 6. The third-order valence-corrected chi connectivity index (χ3v) is 6.31. The van der Waals surface area contributed by atoms with Crippen molar-refractivity contribution in [1.29, 1.82) is 0 Å². The van der Waals surface area contributed by atoms with Crippen LogP contribution in [0.2, 0.25) is 0 Å². The number of likely N-dealkylation sites (tertiary alicyclic amines) is 1. The number of nitrogens with one attached hydrogen (secondary N) is 1. The molecule has 0 radical (unpaired) electrons. The highest BCUT2D eigenvalue weighted by Gasteiger charge is 2.40. The van der Waals surface area contributed by atoms with Crippen molar-refractivity contribution in [2.24, 2.45) is 5.92 Å². The lowest BCUT2D eigenvalue weighted by Gasteiger charge is -2.21. The zero-order valence-corrected chi connectivity index (χ0v) is 19.6. The first kappa shape index (κ1) is 23.5. The van der Waals surface area contributed by atoms with Gasteiger partial charge in [0.15, 0.2) is 0 Å². The van der Waals surface area contributed by atoms with Crippen molar-refractivity contribution in [2.45, 2.75) is 39.7 Å². The standard InChI is InChI=1S/C26H33N3O3/c1-17-6-7-21(12-18(17)2)13-25(31)29-15-23(24(16-29)26(32)28(4)5)22-10-8-20(9-11-22)14-27-19(3)30/h6-12,23-24H,13-16H2,1-5H3,(H,27,30)/t23-,24+/m1/s1. The number of benzene rings is 2. The van der Waals surface area contributed by atoms with Gasteiger partial charge in [-0.05, 0) is 41.7 Å². The monoisotopic (exact) mass is 435 g/mol. The third kappa shape index (κ3) is 5.55. The summed E-state index contributed by atoms with van der Waals surface area (Å²) in [7, 11) is 3.52. The Morgan fingerprint density at radius 3 is 2.22 bits per heavy atom. The Hall–Kier alpha value is -3.15. The molecule has 3 rings (SSSR count).